The van der Waals surface area contributed by atoms with Crippen molar-refractivity contribution >= 4 is 68.0 Å². The quantitative estimate of drug-likeness (QED) is 0.133. The Kier molecular flexibility index (Phi) is 9.83. The molecule has 0 bridgehead atoms. The molecule has 10 heteroatoms. The lowest BCUT2D eigenvalue weighted by Crippen LogP contribution is -1.97. The molecule has 0 saturated heterocycles. The first-order valence-electron chi connectivity index (χ1n) is 14.2. The topological polar surface area (TPSA) is 99.7 Å². The molecule has 0 aliphatic carbocycles. The molecule has 6 aromatic rings. The molecule has 44 heavy (non-hydrogen) atoms. The molecule has 2 aromatic heterocycles. The van der Waals surface area contributed by atoms with Crippen molar-refractivity contribution in [2.24, 2.45) is 0 Å². The Bertz CT molecular complexity index is 1650. The number of aryl methyl sites for hydroxylation is 6. The Morgan fingerprint density at radius 2 is 0.795 bits per heavy atom. The van der Waals surface area contributed by atoms with E-state index >= 15 is 0 Å². The Labute approximate surface area is 267 Å². The van der Waals surface area contributed by atoms with E-state index in [0.717, 1.165) is 33.0 Å². The van der Waals surface area contributed by atoms with Gasteiger partial charge in [0.15, 0.2) is 0 Å². The average molecular weight is 621 g/mol. The number of nitrogens with one attached hydrogen (secondary N) is 4. The smallest absolute Gasteiger partial charge is 0.240 e. The van der Waals surface area contributed by atoms with E-state index < -0.39 is 0 Å². The average Bonchev–Trinajstić information content (AvgIpc) is 3.63. The van der Waals surface area contributed by atoms with Crippen LogP contribution < -0.4 is 21.3 Å². The molecule has 0 aliphatic rings. The fourth-order valence-corrected chi connectivity index (χ4v) is 5.99. The van der Waals surface area contributed by atoms with Crippen LogP contribution in [0.15, 0.2) is 84.9 Å². The van der Waals surface area contributed by atoms with Gasteiger partial charge < -0.3 is 21.3 Å². The minimum atomic E-state index is 0.612. The van der Waals surface area contributed by atoms with Crippen LogP contribution in [0.25, 0.3) is 0 Å². The van der Waals surface area contributed by atoms with Gasteiger partial charge in [0, 0.05) is 45.8 Å². The third-order valence-corrected chi connectivity index (χ3v) is 7.99. The second-order valence-electron chi connectivity index (χ2n) is 10.6. The van der Waals surface area contributed by atoms with E-state index in [0.29, 0.717) is 11.9 Å². The molecule has 6 rings (SSSR count). The van der Waals surface area contributed by atoms with E-state index in [2.05, 4.69) is 106 Å². The summed E-state index contributed by atoms with van der Waals surface area (Å²) in [7, 11) is 0. The first-order chi connectivity index (χ1) is 21.2. The van der Waals surface area contributed by atoms with Gasteiger partial charge in [-0.25, -0.2) is 0 Å². The molecule has 224 valence electrons. The lowest BCUT2D eigenvalue weighted by molar-refractivity contribution is 1.27. The number of nitrogens with zero attached hydrogens (tertiary/aromatic N) is 4. The molecule has 2 heterocycles. The lowest BCUT2D eigenvalue weighted by atomic mass is 10.1. The Balaban J connectivity index is 0.000000175. The van der Waals surface area contributed by atoms with Gasteiger partial charge in [-0.05, 0) is 88.1 Å². The molecule has 0 unspecified atom stereocenters. The molecular formula is C34H36N8S2. The summed E-state index contributed by atoms with van der Waals surface area (Å²) in [5, 5.41) is 14.7. The van der Waals surface area contributed by atoms with Gasteiger partial charge in [-0.15, -0.1) is 0 Å². The Morgan fingerprint density at radius 3 is 1.14 bits per heavy atom. The van der Waals surface area contributed by atoms with Gasteiger partial charge in [-0.3, -0.25) is 0 Å². The van der Waals surface area contributed by atoms with Crippen molar-refractivity contribution < 1.29 is 0 Å². The monoisotopic (exact) mass is 620 g/mol. The zero-order valence-corrected chi connectivity index (χ0v) is 27.3. The van der Waals surface area contributed by atoms with Gasteiger partial charge in [-0.1, -0.05) is 71.8 Å². The summed E-state index contributed by atoms with van der Waals surface area (Å²) in [4.78, 5) is 8.98. The molecule has 0 radical (unpaired) electrons. The van der Waals surface area contributed by atoms with Crippen molar-refractivity contribution in [1.29, 1.82) is 0 Å². The van der Waals surface area contributed by atoms with Crippen LogP contribution in [0.5, 0.6) is 0 Å². The van der Waals surface area contributed by atoms with Gasteiger partial charge in [0.05, 0.1) is 0 Å². The van der Waals surface area contributed by atoms with Crippen LogP contribution in [0.1, 0.15) is 33.4 Å². The maximum atomic E-state index is 4.49. The standard InChI is InChI=1S/2C17H18N4S/c2*1-11-9-12(2)15(13(3)10-11)19-17-20-16(21-22-17)18-14-7-5-4-6-8-14/h2*4-10H,1-3H3,(H2,18,19,20,21). The van der Waals surface area contributed by atoms with Crippen molar-refractivity contribution in [3.63, 3.8) is 0 Å². The zero-order chi connectivity index (χ0) is 31.1. The highest BCUT2D eigenvalue weighted by molar-refractivity contribution is 7.10. The summed E-state index contributed by atoms with van der Waals surface area (Å²) in [5.74, 6) is 1.22. The van der Waals surface area contributed by atoms with Crippen LogP contribution >= 0.6 is 23.1 Å². The highest BCUT2D eigenvalue weighted by atomic mass is 32.1. The third kappa shape index (κ3) is 8.18. The predicted molar refractivity (Wildman–Crippen MR) is 187 cm³/mol. The molecule has 0 spiro atoms. The van der Waals surface area contributed by atoms with E-state index in [1.54, 1.807) is 0 Å². The fraction of sp³-hybridized carbons (Fsp3) is 0.176. The fourth-order valence-electron chi connectivity index (χ4n) is 4.92. The number of benzene rings is 4. The zero-order valence-electron chi connectivity index (χ0n) is 25.7. The number of rotatable bonds is 8. The van der Waals surface area contributed by atoms with Gasteiger partial charge in [0.25, 0.3) is 0 Å². The van der Waals surface area contributed by atoms with Crippen LogP contribution in [0.2, 0.25) is 0 Å². The van der Waals surface area contributed by atoms with Crippen molar-refractivity contribution in [3.05, 3.63) is 118 Å². The molecule has 4 aromatic carbocycles. The van der Waals surface area contributed by atoms with E-state index in [4.69, 9.17) is 0 Å². The summed E-state index contributed by atoms with van der Waals surface area (Å²) < 4.78 is 8.68. The third-order valence-electron chi connectivity index (χ3n) is 6.73. The highest BCUT2D eigenvalue weighted by Gasteiger charge is 2.10. The summed E-state index contributed by atoms with van der Waals surface area (Å²) in [5.41, 5.74) is 11.6. The molecule has 0 aliphatic heterocycles. The molecular weight excluding hydrogens is 585 g/mol. The molecule has 8 nitrogen and oxygen atoms in total. The number of hydrogen-bond acceptors (Lipinski definition) is 10. The first-order valence-corrected chi connectivity index (χ1v) is 15.8. The normalized spacial score (nSPS) is 10.5. The van der Waals surface area contributed by atoms with Crippen molar-refractivity contribution in [3.8, 4) is 0 Å². The molecule has 0 atom stereocenters. The van der Waals surface area contributed by atoms with Gasteiger partial charge in [0.2, 0.25) is 22.2 Å². The molecule has 0 amide bonds. The Morgan fingerprint density at radius 1 is 0.455 bits per heavy atom. The number of hydrogen-bond donors (Lipinski definition) is 4. The predicted octanol–water partition coefficient (Wildman–Crippen LogP) is 9.90. The molecule has 0 fully saturated rings. The van der Waals surface area contributed by atoms with Crippen LogP contribution in [0, 0.1) is 41.5 Å². The summed E-state index contributed by atoms with van der Waals surface area (Å²) in [6.45, 7) is 12.6. The van der Waals surface area contributed by atoms with Crippen LogP contribution in [0.3, 0.4) is 0 Å². The maximum absolute atomic E-state index is 4.49. The number of aromatic nitrogens is 4. The SMILES string of the molecule is Cc1cc(C)c(Nc2nc(Nc3ccccc3)ns2)c(C)c1.Cc1cc(C)c(Nc2nc(Nc3ccccc3)ns2)c(C)c1. The molecule has 4 N–H and O–H groups in total. The Hall–Kier alpha value is -4.80. The van der Waals surface area contributed by atoms with Crippen molar-refractivity contribution in [2.45, 2.75) is 41.5 Å². The van der Waals surface area contributed by atoms with Crippen molar-refractivity contribution in [1.82, 2.24) is 18.7 Å². The van der Waals surface area contributed by atoms with Crippen LogP contribution in [-0.2, 0) is 0 Å². The largest absolute Gasteiger partial charge is 0.330 e. The van der Waals surface area contributed by atoms with Gasteiger partial charge in [-0.2, -0.15) is 18.7 Å². The summed E-state index contributed by atoms with van der Waals surface area (Å²) >= 11 is 2.70. The van der Waals surface area contributed by atoms with Crippen LogP contribution in [0.4, 0.5) is 44.9 Å². The van der Waals surface area contributed by atoms with E-state index in [9.17, 15) is 0 Å². The first kappa shape index (κ1) is 30.7. The van der Waals surface area contributed by atoms with Crippen LogP contribution in [-0.4, -0.2) is 18.7 Å². The number of anilines is 8. The second-order valence-corrected chi connectivity index (χ2v) is 12.1. The van der Waals surface area contributed by atoms with E-state index in [-0.39, 0.29) is 0 Å². The summed E-state index contributed by atoms with van der Waals surface area (Å²) in [6.07, 6.45) is 0. The maximum Gasteiger partial charge on any atom is 0.240 e. The molecule has 0 saturated carbocycles. The second kappa shape index (κ2) is 14.1. The lowest BCUT2D eigenvalue weighted by Gasteiger charge is -2.11. The summed E-state index contributed by atoms with van der Waals surface area (Å²) in [6, 6.07) is 28.5. The highest BCUT2D eigenvalue weighted by Crippen LogP contribution is 2.29. The van der Waals surface area contributed by atoms with Gasteiger partial charge >= 0.3 is 0 Å². The van der Waals surface area contributed by atoms with Gasteiger partial charge in [0.1, 0.15) is 0 Å². The minimum Gasteiger partial charge on any atom is -0.330 e. The van der Waals surface area contributed by atoms with E-state index in [1.807, 2.05) is 60.7 Å². The van der Waals surface area contributed by atoms with E-state index in [1.165, 1.54) is 56.4 Å². The van der Waals surface area contributed by atoms with Crippen molar-refractivity contribution in [2.75, 3.05) is 21.3 Å². The number of para-hydroxylation sites is 2. The minimum absolute atomic E-state index is 0.612.